The van der Waals surface area contributed by atoms with Crippen LogP contribution in [0.15, 0.2) is 24.3 Å². The molecule has 1 amide bonds. The van der Waals surface area contributed by atoms with Gasteiger partial charge in [0.25, 0.3) is 5.91 Å². The van der Waals surface area contributed by atoms with Crippen LogP contribution < -0.4 is 5.32 Å². The van der Waals surface area contributed by atoms with Crippen molar-refractivity contribution in [1.29, 1.82) is 5.26 Å². The molecule has 3 N–H and O–H groups in total. The molecule has 17 heavy (non-hydrogen) atoms. The molecule has 0 aliphatic carbocycles. The molecule has 1 atom stereocenters. The fraction of sp³-hybridized carbons (Fsp3) is 0.182. The summed E-state index contributed by atoms with van der Waals surface area (Å²) in [4.78, 5) is 21.8. The van der Waals surface area contributed by atoms with E-state index < -0.39 is 18.0 Å². The number of hydrogen-bond donors (Lipinski definition) is 3. The molecule has 6 nitrogen and oxygen atoms in total. The summed E-state index contributed by atoms with van der Waals surface area (Å²) in [5, 5.41) is 28.2. The first-order valence-electron chi connectivity index (χ1n) is 4.74. The van der Waals surface area contributed by atoms with Crippen LogP contribution in [0.3, 0.4) is 0 Å². The first kappa shape index (κ1) is 12.7. The van der Waals surface area contributed by atoms with Crippen LogP contribution in [0.1, 0.15) is 15.9 Å². The maximum atomic E-state index is 11.5. The second-order valence-electron chi connectivity index (χ2n) is 3.25. The van der Waals surface area contributed by atoms with Crippen LogP contribution >= 0.6 is 0 Å². The number of nitrogens with zero attached hydrogens (tertiary/aromatic N) is 1. The molecule has 0 spiro atoms. The van der Waals surface area contributed by atoms with Gasteiger partial charge in [-0.2, -0.15) is 5.26 Å². The molecule has 0 aliphatic heterocycles. The molecule has 6 heteroatoms. The Bertz CT molecular complexity index is 461. The van der Waals surface area contributed by atoms with Crippen molar-refractivity contribution < 1.29 is 19.8 Å². The third-order valence-corrected chi connectivity index (χ3v) is 2.02. The highest BCUT2D eigenvalue weighted by atomic mass is 16.4. The van der Waals surface area contributed by atoms with Crippen molar-refractivity contribution in [2.45, 2.75) is 6.10 Å². The summed E-state index contributed by atoms with van der Waals surface area (Å²) in [6, 6.07) is 7.75. The number of aliphatic hydroxyl groups excluding tert-OH is 1. The van der Waals surface area contributed by atoms with Crippen molar-refractivity contribution in [3.8, 4) is 6.07 Å². The third-order valence-electron chi connectivity index (χ3n) is 2.02. The van der Waals surface area contributed by atoms with E-state index in [2.05, 4.69) is 5.32 Å². The van der Waals surface area contributed by atoms with Crippen molar-refractivity contribution in [3.05, 3.63) is 35.4 Å². The molecular formula is C11H10N2O4. The van der Waals surface area contributed by atoms with Gasteiger partial charge in [0.05, 0.1) is 18.2 Å². The molecule has 0 unspecified atom stereocenters. The minimum atomic E-state index is -1.63. The molecule has 1 aromatic carbocycles. The molecule has 0 aromatic heterocycles. The molecule has 0 heterocycles. The Morgan fingerprint density at radius 3 is 2.41 bits per heavy atom. The summed E-state index contributed by atoms with van der Waals surface area (Å²) in [7, 11) is 0. The van der Waals surface area contributed by atoms with Crippen LogP contribution in [0.4, 0.5) is 0 Å². The van der Waals surface area contributed by atoms with Crippen molar-refractivity contribution in [1.82, 2.24) is 5.32 Å². The van der Waals surface area contributed by atoms with E-state index in [1.165, 1.54) is 24.3 Å². The standard InChI is InChI=1S/C11H10N2O4/c12-5-7-1-3-8(4-2-7)10(15)13-6-9(14)11(16)17/h1-4,9,14H,6H2,(H,13,15)(H,16,17)/t9-/m0/s1. The van der Waals surface area contributed by atoms with Gasteiger partial charge in [0.1, 0.15) is 0 Å². The van der Waals surface area contributed by atoms with Gasteiger partial charge in [-0.3, -0.25) is 4.79 Å². The Balaban J connectivity index is 2.58. The number of rotatable bonds is 4. The largest absolute Gasteiger partial charge is 0.479 e. The first-order chi connectivity index (χ1) is 8.04. The molecule has 1 aromatic rings. The summed E-state index contributed by atoms with van der Waals surface area (Å²) >= 11 is 0. The molecule has 88 valence electrons. The molecule has 0 aliphatic rings. The summed E-state index contributed by atoms with van der Waals surface area (Å²) in [6.45, 7) is -0.367. The number of nitriles is 1. The van der Waals surface area contributed by atoms with E-state index in [1.54, 1.807) is 0 Å². The Labute approximate surface area is 97.1 Å². The van der Waals surface area contributed by atoms with Crippen molar-refractivity contribution in [2.75, 3.05) is 6.54 Å². The highest BCUT2D eigenvalue weighted by molar-refractivity contribution is 5.94. The maximum Gasteiger partial charge on any atom is 0.334 e. The lowest BCUT2D eigenvalue weighted by molar-refractivity contribution is -0.146. The summed E-state index contributed by atoms with van der Waals surface area (Å²) < 4.78 is 0. The zero-order valence-electron chi connectivity index (χ0n) is 8.75. The highest BCUT2D eigenvalue weighted by Crippen LogP contribution is 2.02. The second kappa shape index (κ2) is 5.63. The summed E-state index contributed by atoms with van der Waals surface area (Å²) in [5.74, 6) is -1.90. The topological polar surface area (TPSA) is 110 Å². The predicted molar refractivity (Wildman–Crippen MR) is 57.1 cm³/mol. The normalized spacial score (nSPS) is 11.3. The van der Waals surface area contributed by atoms with Gasteiger partial charge < -0.3 is 15.5 Å². The quantitative estimate of drug-likeness (QED) is 0.664. The van der Waals surface area contributed by atoms with Crippen LogP contribution in [0.5, 0.6) is 0 Å². The lowest BCUT2D eigenvalue weighted by Gasteiger charge is -2.07. The maximum absolute atomic E-state index is 11.5. The van der Waals surface area contributed by atoms with Gasteiger partial charge >= 0.3 is 5.97 Å². The number of carbonyl (C=O) groups is 2. The van der Waals surface area contributed by atoms with E-state index >= 15 is 0 Å². The zero-order chi connectivity index (χ0) is 12.8. The van der Waals surface area contributed by atoms with Crippen LogP contribution in [0, 0.1) is 11.3 Å². The smallest absolute Gasteiger partial charge is 0.334 e. The van der Waals surface area contributed by atoms with Gasteiger partial charge in [-0.05, 0) is 24.3 Å². The molecule has 1 rings (SSSR count). The summed E-state index contributed by atoms with van der Waals surface area (Å²) in [6.07, 6.45) is -1.63. The van der Waals surface area contributed by atoms with Crippen LogP contribution in [-0.2, 0) is 4.79 Å². The number of benzene rings is 1. The van der Waals surface area contributed by atoms with E-state index in [0.717, 1.165) is 0 Å². The van der Waals surface area contributed by atoms with Crippen molar-refractivity contribution >= 4 is 11.9 Å². The molecule has 0 saturated carbocycles. The number of amides is 1. The van der Waals surface area contributed by atoms with Gasteiger partial charge in [0.2, 0.25) is 0 Å². The van der Waals surface area contributed by atoms with E-state index in [1.807, 2.05) is 6.07 Å². The van der Waals surface area contributed by atoms with Gasteiger partial charge in [-0.15, -0.1) is 0 Å². The van der Waals surface area contributed by atoms with E-state index in [4.69, 9.17) is 15.5 Å². The third kappa shape index (κ3) is 3.59. The molecule has 0 bridgehead atoms. The number of carboxylic acid groups (broad SMARTS) is 1. The summed E-state index contributed by atoms with van der Waals surface area (Å²) in [5.41, 5.74) is 0.716. The minimum Gasteiger partial charge on any atom is -0.479 e. The van der Waals surface area contributed by atoms with E-state index in [-0.39, 0.29) is 6.54 Å². The average Bonchev–Trinajstić information content (AvgIpc) is 2.35. The predicted octanol–water partition coefficient (Wildman–Crippen LogP) is -0.266. The van der Waals surface area contributed by atoms with Crippen molar-refractivity contribution in [2.24, 2.45) is 0 Å². The highest BCUT2D eigenvalue weighted by Gasteiger charge is 2.14. The van der Waals surface area contributed by atoms with E-state index in [0.29, 0.717) is 11.1 Å². The van der Waals surface area contributed by atoms with Gasteiger partial charge in [-0.25, -0.2) is 4.79 Å². The second-order valence-corrected chi connectivity index (χ2v) is 3.25. The Kier molecular flexibility index (Phi) is 4.20. The number of aliphatic hydroxyl groups is 1. The number of aliphatic carboxylic acids is 1. The van der Waals surface area contributed by atoms with Crippen LogP contribution in [0.2, 0.25) is 0 Å². The van der Waals surface area contributed by atoms with Crippen LogP contribution in [-0.4, -0.2) is 34.7 Å². The van der Waals surface area contributed by atoms with Crippen molar-refractivity contribution in [3.63, 3.8) is 0 Å². The lowest BCUT2D eigenvalue weighted by Crippen LogP contribution is -2.36. The lowest BCUT2D eigenvalue weighted by atomic mass is 10.1. The molecular weight excluding hydrogens is 224 g/mol. The van der Waals surface area contributed by atoms with E-state index in [9.17, 15) is 9.59 Å². The Morgan fingerprint density at radius 2 is 1.94 bits per heavy atom. The molecule has 0 radical (unpaired) electrons. The molecule has 0 saturated heterocycles. The zero-order valence-corrected chi connectivity index (χ0v) is 8.75. The SMILES string of the molecule is N#Cc1ccc(C(=O)NC[C@H](O)C(=O)O)cc1. The fourth-order valence-corrected chi connectivity index (χ4v) is 1.07. The number of nitrogens with one attached hydrogen (secondary N) is 1. The number of carbonyl (C=O) groups excluding carboxylic acids is 1. The van der Waals surface area contributed by atoms with Gasteiger partial charge in [0.15, 0.2) is 6.10 Å². The Hall–Kier alpha value is -2.39. The first-order valence-corrected chi connectivity index (χ1v) is 4.74. The van der Waals surface area contributed by atoms with Crippen LogP contribution in [0.25, 0.3) is 0 Å². The number of hydrogen-bond acceptors (Lipinski definition) is 4. The number of carboxylic acids is 1. The minimum absolute atomic E-state index is 0.293. The van der Waals surface area contributed by atoms with Gasteiger partial charge in [0, 0.05) is 5.56 Å². The molecule has 0 fully saturated rings. The fourth-order valence-electron chi connectivity index (χ4n) is 1.07. The monoisotopic (exact) mass is 234 g/mol. The Morgan fingerprint density at radius 1 is 1.35 bits per heavy atom. The average molecular weight is 234 g/mol. The van der Waals surface area contributed by atoms with Gasteiger partial charge in [-0.1, -0.05) is 0 Å².